The van der Waals surface area contributed by atoms with Crippen LogP contribution in [0.2, 0.25) is 0 Å². The van der Waals surface area contributed by atoms with Crippen LogP contribution in [0.1, 0.15) is 0 Å². The lowest BCUT2D eigenvalue weighted by molar-refractivity contribution is -0.137. The second-order valence-electron chi connectivity index (χ2n) is 1.16. The predicted molar refractivity (Wildman–Crippen MR) is 59.2 cm³/mol. The molecule has 0 amide bonds. The molecular formula is C5H13Cl4NO2. The molecule has 0 radical (unpaired) electrons. The van der Waals surface area contributed by atoms with Crippen molar-refractivity contribution in [2.75, 3.05) is 13.2 Å². The molecule has 0 fully saturated rings. The van der Waals surface area contributed by atoms with Crippen molar-refractivity contribution in [3.8, 4) is 0 Å². The van der Waals surface area contributed by atoms with Crippen LogP contribution in [0.5, 0.6) is 0 Å². The minimum Gasteiger partial charge on any atom is -0.461 e. The predicted octanol–water partition coefficient (Wildman–Crippen LogP) is 1.36. The van der Waals surface area contributed by atoms with E-state index < -0.39 is 5.97 Å². The van der Waals surface area contributed by atoms with E-state index >= 15 is 0 Å². The molecule has 78 valence electrons. The quantitative estimate of drug-likeness (QED) is 0.616. The first-order valence-electron chi connectivity index (χ1n) is 2.30. The number of rotatable bonds is 3. The topological polar surface area (TPSA) is 52.3 Å². The van der Waals surface area contributed by atoms with E-state index in [-0.39, 0.29) is 56.2 Å². The van der Waals surface area contributed by atoms with Gasteiger partial charge in [-0.3, -0.25) is 0 Å². The van der Waals surface area contributed by atoms with Gasteiger partial charge in [0.05, 0.1) is 0 Å². The molecule has 0 aromatic rings. The largest absolute Gasteiger partial charge is 0.461 e. The van der Waals surface area contributed by atoms with Crippen molar-refractivity contribution in [3.05, 3.63) is 12.7 Å². The summed E-state index contributed by atoms with van der Waals surface area (Å²) in [5.41, 5.74) is 5.02. The molecule has 0 saturated heterocycles. The summed E-state index contributed by atoms with van der Waals surface area (Å²) in [6, 6.07) is 0. The lowest BCUT2D eigenvalue weighted by Gasteiger charge is -1.94. The van der Waals surface area contributed by atoms with Crippen LogP contribution in [0.15, 0.2) is 12.7 Å². The summed E-state index contributed by atoms with van der Waals surface area (Å²) < 4.78 is 4.46. The average molecular weight is 261 g/mol. The number of nitrogens with two attached hydrogens (primary N) is 1. The van der Waals surface area contributed by atoms with Crippen molar-refractivity contribution >= 4 is 55.6 Å². The minimum atomic E-state index is -0.421. The molecule has 3 nitrogen and oxygen atoms in total. The zero-order chi connectivity index (χ0) is 6.41. The summed E-state index contributed by atoms with van der Waals surface area (Å²) in [6.07, 6.45) is 1.11. The van der Waals surface area contributed by atoms with E-state index in [9.17, 15) is 4.79 Å². The van der Waals surface area contributed by atoms with Gasteiger partial charge in [0.2, 0.25) is 0 Å². The molecule has 7 heteroatoms. The van der Waals surface area contributed by atoms with E-state index in [0.29, 0.717) is 6.54 Å². The molecule has 0 saturated carbocycles. The van der Waals surface area contributed by atoms with Gasteiger partial charge in [-0.15, -0.1) is 49.6 Å². The first-order valence-corrected chi connectivity index (χ1v) is 2.30. The number of ether oxygens (including phenoxy) is 1. The molecule has 0 unspecified atom stereocenters. The Morgan fingerprint density at radius 3 is 2.00 bits per heavy atom. The maximum atomic E-state index is 10.2. The van der Waals surface area contributed by atoms with Gasteiger partial charge in [0.1, 0.15) is 6.61 Å². The third-order valence-electron chi connectivity index (χ3n) is 0.529. The maximum absolute atomic E-state index is 10.2. The molecule has 0 aromatic heterocycles. The van der Waals surface area contributed by atoms with E-state index in [1.807, 2.05) is 0 Å². The number of carbonyl (C=O) groups excluding carboxylic acids is 1. The second kappa shape index (κ2) is 22.5. The fourth-order valence-electron chi connectivity index (χ4n) is 0.218. The summed E-state index contributed by atoms with van der Waals surface area (Å²) >= 11 is 0. The first kappa shape index (κ1) is 29.5. The smallest absolute Gasteiger partial charge is 0.330 e. The van der Waals surface area contributed by atoms with Crippen molar-refractivity contribution in [1.29, 1.82) is 0 Å². The maximum Gasteiger partial charge on any atom is 0.330 e. The Hall–Kier alpha value is 0.330. The van der Waals surface area contributed by atoms with Crippen LogP contribution in [0.3, 0.4) is 0 Å². The average Bonchev–Trinajstić information content (AvgIpc) is 1.83. The Labute approximate surface area is 96.7 Å². The zero-order valence-electron chi connectivity index (χ0n) is 6.23. The van der Waals surface area contributed by atoms with Crippen molar-refractivity contribution in [3.63, 3.8) is 0 Å². The Balaban J connectivity index is -0.0000000408. The van der Waals surface area contributed by atoms with Gasteiger partial charge >= 0.3 is 5.97 Å². The van der Waals surface area contributed by atoms with Crippen molar-refractivity contribution < 1.29 is 9.53 Å². The molecule has 0 atom stereocenters. The molecule has 0 heterocycles. The van der Waals surface area contributed by atoms with Gasteiger partial charge in [-0.1, -0.05) is 6.58 Å². The van der Waals surface area contributed by atoms with Crippen molar-refractivity contribution in [1.82, 2.24) is 0 Å². The van der Waals surface area contributed by atoms with Crippen LogP contribution in [-0.2, 0) is 9.53 Å². The molecule has 0 aliphatic heterocycles. The van der Waals surface area contributed by atoms with E-state index in [4.69, 9.17) is 5.73 Å². The van der Waals surface area contributed by atoms with Crippen LogP contribution in [0.4, 0.5) is 0 Å². The molecular weight excluding hydrogens is 248 g/mol. The van der Waals surface area contributed by atoms with E-state index in [0.717, 1.165) is 6.08 Å². The summed E-state index contributed by atoms with van der Waals surface area (Å²) in [4.78, 5) is 10.2. The molecule has 2 N–H and O–H groups in total. The van der Waals surface area contributed by atoms with Gasteiger partial charge < -0.3 is 10.5 Å². The number of esters is 1. The molecule has 0 aliphatic carbocycles. The van der Waals surface area contributed by atoms with Crippen LogP contribution in [-0.4, -0.2) is 19.1 Å². The van der Waals surface area contributed by atoms with Gasteiger partial charge in [0, 0.05) is 12.6 Å². The first-order chi connectivity index (χ1) is 3.81. The van der Waals surface area contributed by atoms with Gasteiger partial charge in [-0.25, -0.2) is 4.79 Å². The molecule has 0 aliphatic rings. The van der Waals surface area contributed by atoms with Crippen LogP contribution >= 0.6 is 49.6 Å². The van der Waals surface area contributed by atoms with E-state index in [1.165, 1.54) is 0 Å². The lowest BCUT2D eigenvalue weighted by atomic mass is 10.6. The fraction of sp³-hybridized carbons (Fsp3) is 0.400. The summed E-state index contributed by atoms with van der Waals surface area (Å²) in [6.45, 7) is 3.83. The Bertz CT molecular complexity index is 101. The third kappa shape index (κ3) is 22.4. The van der Waals surface area contributed by atoms with Gasteiger partial charge in [0.25, 0.3) is 0 Å². The van der Waals surface area contributed by atoms with Crippen molar-refractivity contribution in [2.24, 2.45) is 5.73 Å². The molecule has 12 heavy (non-hydrogen) atoms. The van der Waals surface area contributed by atoms with Crippen molar-refractivity contribution in [2.45, 2.75) is 0 Å². The number of carbonyl (C=O) groups is 1. The standard InChI is InChI=1S/C5H9NO2.4ClH/c1-2-5(7)8-4-3-6;;;;/h2H,1,3-4,6H2;4*1H. The minimum absolute atomic E-state index is 0. The second-order valence-corrected chi connectivity index (χ2v) is 1.16. The third-order valence-corrected chi connectivity index (χ3v) is 0.529. The number of halogens is 4. The molecule has 0 bridgehead atoms. The number of hydrogen-bond acceptors (Lipinski definition) is 3. The fourth-order valence-corrected chi connectivity index (χ4v) is 0.218. The summed E-state index contributed by atoms with van der Waals surface area (Å²) in [5.74, 6) is -0.421. The normalized spacial score (nSPS) is 5.42. The summed E-state index contributed by atoms with van der Waals surface area (Å²) in [7, 11) is 0. The monoisotopic (exact) mass is 259 g/mol. The van der Waals surface area contributed by atoms with Crippen LogP contribution in [0, 0.1) is 0 Å². The highest BCUT2D eigenvalue weighted by Gasteiger charge is 1.89. The SMILES string of the molecule is C=CC(=O)OCCN.Cl.Cl.Cl.Cl. The Morgan fingerprint density at radius 2 is 1.75 bits per heavy atom. The van der Waals surface area contributed by atoms with Crippen LogP contribution < -0.4 is 5.73 Å². The Kier molecular flexibility index (Phi) is 55.2. The summed E-state index contributed by atoms with van der Waals surface area (Å²) in [5, 5.41) is 0. The highest BCUT2D eigenvalue weighted by Crippen LogP contribution is 1.74. The lowest BCUT2D eigenvalue weighted by Crippen LogP contribution is -2.11. The van der Waals surface area contributed by atoms with E-state index in [2.05, 4.69) is 11.3 Å². The molecule has 0 aromatic carbocycles. The molecule has 0 spiro atoms. The molecule has 0 rings (SSSR count). The van der Waals surface area contributed by atoms with Gasteiger partial charge in [-0.2, -0.15) is 0 Å². The van der Waals surface area contributed by atoms with Gasteiger partial charge in [-0.05, 0) is 0 Å². The van der Waals surface area contributed by atoms with E-state index in [1.54, 1.807) is 0 Å². The highest BCUT2D eigenvalue weighted by atomic mass is 35.5. The highest BCUT2D eigenvalue weighted by molar-refractivity contribution is 5.86. The zero-order valence-corrected chi connectivity index (χ0v) is 9.49. The Morgan fingerprint density at radius 1 is 1.33 bits per heavy atom. The number of hydrogen-bond donors (Lipinski definition) is 1. The van der Waals surface area contributed by atoms with Crippen LogP contribution in [0.25, 0.3) is 0 Å². The van der Waals surface area contributed by atoms with Gasteiger partial charge in [0.15, 0.2) is 0 Å².